The van der Waals surface area contributed by atoms with Crippen LogP contribution in [-0.2, 0) is 27.3 Å². The van der Waals surface area contributed by atoms with Gasteiger partial charge in [-0.25, -0.2) is 0 Å². The normalized spacial score (nSPS) is 18.6. The highest BCUT2D eigenvalue weighted by Gasteiger charge is 2.66. The molecular weight excluding hydrogens is 449 g/mol. The second-order valence-corrected chi connectivity index (χ2v) is 8.85. The fraction of sp³-hybridized carbons (Fsp3) is 0.591. The van der Waals surface area contributed by atoms with E-state index in [1.807, 2.05) is 6.07 Å². The van der Waals surface area contributed by atoms with Crippen LogP contribution in [0.5, 0.6) is 0 Å². The van der Waals surface area contributed by atoms with Gasteiger partial charge in [-0.05, 0) is 29.4 Å². The molecule has 2 rings (SSSR count). The third kappa shape index (κ3) is 5.40. The first-order valence-electron chi connectivity index (χ1n) is 10.5. The van der Waals surface area contributed by atoms with Crippen molar-refractivity contribution in [1.82, 2.24) is 10.2 Å². The van der Waals surface area contributed by atoms with Crippen molar-refractivity contribution in [3.8, 4) is 0 Å². The maximum atomic E-state index is 14.1. The van der Waals surface area contributed by atoms with Gasteiger partial charge in [0, 0.05) is 6.54 Å². The lowest BCUT2D eigenvalue weighted by Crippen LogP contribution is -2.64. The minimum Gasteiger partial charge on any atom is -0.320 e. The number of nitrogens with zero attached hydrogens (tertiary/aromatic N) is 1. The number of hydrogen-bond acceptors (Lipinski definition) is 5. The molecule has 1 aliphatic heterocycles. The number of Topliss-reactive ketones (excluding diaryl/α,β-unsaturated/α-hetero) is 1. The van der Waals surface area contributed by atoms with Crippen LogP contribution < -0.4 is 11.1 Å². The van der Waals surface area contributed by atoms with Gasteiger partial charge in [0.2, 0.25) is 17.6 Å². The molecule has 1 aromatic carbocycles. The van der Waals surface area contributed by atoms with Crippen LogP contribution in [0.2, 0.25) is 0 Å². The van der Waals surface area contributed by atoms with Gasteiger partial charge in [0.05, 0.1) is 12.1 Å². The van der Waals surface area contributed by atoms with E-state index < -0.39 is 59.7 Å². The lowest BCUT2D eigenvalue weighted by molar-refractivity contribution is -0.271. The van der Waals surface area contributed by atoms with Gasteiger partial charge in [0.25, 0.3) is 0 Å². The summed E-state index contributed by atoms with van der Waals surface area (Å²) < 4.78 is 67.1. The lowest BCUT2D eigenvalue weighted by atomic mass is 9.89. The minimum absolute atomic E-state index is 0.0599. The van der Waals surface area contributed by atoms with E-state index in [9.17, 15) is 36.3 Å². The van der Waals surface area contributed by atoms with E-state index in [1.165, 1.54) is 27.7 Å². The molecule has 0 radical (unpaired) electrons. The summed E-state index contributed by atoms with van der Waals surface area (Å²) in [6, 6.07) is 2.21. The highest BCUT2D eigenvalue weighted by Crippen LogP contribution is 2.39. The fourth-order valence-electron chi connectivity index (χ4n) is 3.67. The first kappa shape index (κ1) is 26.8. The van der Waals surface area contributed by atoms with Gasteiger partial charge in [-0.2, -0.15) is 22.0 Å². The number of nitrogens with two attached hydrogens (primary N) is 1. The number of halogens is 5. The van der Waals surface area contributed by atoms with Crippen LogP contribution in [0.15, 0.2) is 24.3 Å². The van der Waals surface area contributed by atoms with Crippen molar-refractivity contribution < 1.29 is 36.3 Å². The van der Waals surface area contributed by atoms with Gasteiger partial charge in [-0.3, -0.25) is 19.3 Å². The van der Waals surface area contributed by atoms with E-state index in [1.54, 1.807) is 18.2 Å². The molecule has 1 aromatic rings. The average molecular weight is 477 g/mol. The van der Waals surface area contributed by atoms with Crippen LogP contribution in [-0.4, -0.2) is 52.7 Å². The summed E-state index contributed by atoms with van der Waals surface area (Å²) >= 11 is 0. The van der Waals surface area contributed by atoms with Crippen LogP contribution >= 0.6 is 0 Å². The topological polar surface area (TPSA) is 92.5 Å². The molecule has 0 aliphatic carbocycles. The number of hydrogen-bond donors (Lipinski definition) is 2. The van der Waals surface area contributed by atoms with E-state index >= 15 is 0 Å². The minimum atomic E-state index is -6.18. The van der Waals surface area contributed by atoms with Gasteiger partial charge in [-0.1, -0.05) is 52.0 Å². The Labute approximate surface area is 188 Å². The van der Waals surface area contributed by atoms with Crippen molar-refractivity contribution in [2.24, 2.45) is 17.6 Å². The Kier molecular flexibility index (Phi) is 8.01. The van der Waals surface area contributed by atoms with Crippen molar-refractivity contribution in [2.45, 2.75) is 70.9 Å². The molecule has 0 saturated carbocycles. The molecule has 2 unspecified atom stereocenters. The number of nitrogens with one attached hydrogen (secondary N) is 1. The Balaban J connectivity index is 2.53. The standard InChI is InChI=1S/C22H28F5N3O3/c1-11(2)16(28)20(33)30(17(12(3)4)18(31)21(23,24)22(25,26)27)19(32)15-9-13-7-5-6-8-14(13)10-29-15/h5-8,11-12,15-17,29H,9-10,28H2,1-4H3/t15?,16-,17?/m0/s1. The number of ketones is 1. The maximum Gasteiger partial charge on any atom is 0.461 e. The molecule has 0 bridgehead atoms. The number of fused-ring (bicyclic) bond motifs is 1. The summed E-state index contributed by atoms with van der Waals surface area (Å²) in [5.74, 6) is -12.4. The highest BCUT2D eigenvalue weighted by molar-refractivity contribution is 6.06. The Morgan fingerprint density at radius 2 is 1.55 bits per heavy atom. The van der Waals surface area contributed by atoms with Gasteiger partial charge in [-0.15, -0.1) is 0 Å². The van der Waals surface area contributed by atoms with Crippen LogP contribution in [0.25, 0.3) is 0 Å². The van der Waals surface area contributed by atoms with Crippen molar-refractivity contribution in [3.63, 3.8) is 0 Å². The molecule has 0 spiro atoms. The lowest BCUT2D eigenvalue weighted by Gasteiger charge is -2.38. The molecule has 1 aliphatic rings. The summed E-state index contributed by atoms with van der Waals surface area (Å²) in [7, 11) is 0. The number of benzene rings is 1. The third-order valence-electron chi connectivity index (χ3n) is 5.70. The van der Waals surface area contributed by atoms with Gasteiger partial charge in [0.15, 0.2) is 0 Å². The number of amides is 2. The zero-order valence-electron chi connectivity index (χ0n) is 18.7. The molecule has 2 amide bonds. The van der Waals surface area contributed by atoms with Crippen LogP contribution in [0.1, 0.15) is 38.8 Å². The van der Waals surface area contributed by atoms with Crippen molar-refractivity contribution in [3.05, 3.63) is 35.4 Å². The van der Waals surface area contributed by atoms with E-state index in [-0.39, 0.29) is 17.9 Å². The fourth-order valence-corrected chi connectivity index (χ4v) is 3.67. The monoisotopic (exact) mass is 477 g/mol. The molecule has 3 atom stereocenters. The summed E-state index contributed by atoms with van der Waals surface area (Å²) in [6.45, 7) is 5.64. The summed E-state index contributed by atoms with van der Waals surface area (Å²) in [4.78, 5) is 39.3. The molecule has 3 N–H and O–H groups in total. The van der Waals surface area contributed by atoms with Crippen molar-refractivity contribution >= 4 is 17.6 Å². The highest BCUT2D eigenvalue weighted by atomic mass is 19.4. The first-order chi connectivity index (χ1) is 15.1. The van der Waals surface area contributed by atoms with E-state index in [2.05, 4.69) is 5.32 Å². The molecule has 0 saturated heterocycles. The first-order valence-corrected chi connectivity index (χ1v) is 10.5. The van der Waals surface area contributed by atoms with Crippen molar-refractivity contribution in [2.75, 3.05) is 0 Å². The zero-order chi connectivity index (χ0) is 25.3. The molecule has 1 heterocycles. The smallest absolute Gasteiger partial charge is 0.320 e. The number of alkyl halides is 5. The molecule has 184 valence electrons. The third-order valence-corrected chi connectivity index (χ3v) is 5.70. The number of rotatable bonds is 7. The van der Waals surface area contributed by atoms with Crippen LogP contribution in [0.4, 0.5) is 22.0 Å². The molecular formula is C22H28F5N3O3. The predicted molar refractivity (Wildman–Crippen MR) is 110 cm³/mol. The quantitative estimate of drug-likeness (QED) is 0.590. The SMILES string of the molecule is CC(C)C(C(=O)C(F)(F)C(F)(F)F)N(C(=O)C1Cc2ccccc2CN1)C(=O)[C@@H](N)C(C)C. The van der Waals surface area contributed by atoms with Gasteiger partial charge >= 0.3 is 12.1 Å². The predicted octanol–water partition coefficient (Wildman–Crippen LogP) is 2.83. The van der Waals surface area contributed by atoms with E-state index in [0.717, 1.165) is 11.1 Å². The summed E-state index contributed by atoms with van der Waals surface area (Å²) in [6.07, 6.45) is -6.12. The number of carbonyl (C=O) groups excluding carboxylic acids is 3. The van der Waals surface area contributed by atoms with Crippen LogP contribution in [0, 0.1) is 11.8 Å². The second kappa shape index (κ2) is 9.84. The molecule has 33 heavy (non-hydrogen) atoms. The Hall–Kier alpha value is -2.40. The summed E-state index contributed by atoms with van der Waals surface area (Å²) in [5, 5.41) is 2.88. The molecule has 0 fully saturated rings. The van der Waals surface area contributed by atoms with Gasteiger partial charge < -0.3 is 11.1 Å². The number of carbonyl (C=O) groups is 3. The Morgan fingerprint density at radius 3 is 2.03 bits per heavy atom. The van der Waals surface area contributed by atoms with Gasteiger partial charge in [0.1, 0.15) is 6.04 Å². The van der Waals surface area contributed by atoms with Crippen molar-refractivity contribution in [1.29, 1.82) is 0 Å². The largest absolute Gasteiger partial charge is 0.461 e. The van der Waals surface area contributed by atoms with E-state index in [0.29, 0.717) is 0 Å². The van der Waals surface area contributed by atoms with Crippen LogP contribution in [0.3, 0.4) is 0 Å². The van der Waals surface area contributed by atoms with E-state index in [4.69, 9.17) is 5.73 Å². The maximum absolute atomic E-state index is 14.1. The molecule has 11 heteroatoms. The number of imide groups is 1. The molecule has 6 nitrogen and oxygen atoms in total. The second-order valence-electron chi connectivity index (χ2n) is 8.85. The molecule has 0 aromatic heterocycles. The average Bonchev–Trinajstić information content (AvgIpc) is 2.73. The Bertz CT molecular complexity index is 902. The Morgan fingerprint density at radius 1 is 1.00 bits per heavy atom. The zero-order valence-corrected chi connectivity index (χ0v) is 18.7. The summed E-state index contributed by atoms with van der Waals surface area (Å²) in [5.41, 5.74) is 7.48.